The number of carbonyl (C=O) groups excluding carboxylic acids is 1. The van der Waals surface area contributed by atoms with Crippen molar-refractivity contribution in [2.45, 2.75) is 111 Å². The highest BCUT2D eigenvalue weighted by atomic mass is 16.3. The Balaban J connectivity index is 1.61. The van der Waals surface area contributed by atoms with Gasteiger partial charge in [0.15, 0.2) is 0 Å². The van der Waals surface area contributed by atoms with Gasteiger partial charge in [0.05, 0.1) is 30.3 Å². The van der Waals surface area contributed by atoms with E-state index >= 15 is 0 Å². The van der Waals surface area contributed by atoms with E-state index in [0.717, 1.165) is 57.8 Å². The molecule has 0 saturated heterocycles. The standard InChI is InChI=1S/C32H53NO5/c1-20-9-14-32(26(37)33-17-18-34)16-15-29(4)21(25(32)31(20,6)38)7-8-23-27(2)12-11-24(36)28(3,19-35)22(27)10-13-30(23,29)5/h7,20,22-25,34-36,38H,8-19H2,1-6H3,(H,33,37)/t20-,22-,23-,24+,25-,27+,28+,29-,30-,31-,32+/m1/s1. The Morgan fingerprint density at radius 3 is 2.34 bits per heavy atom. The molecule has 1 amide bonds. The molecule has 38 heavy (non-hydrogen) atoms. The first-order chi connectivity index (χ1) is 17.7. The lowest BCUT2D eigenvalue weighted by molar-refractivity contribution is -0.222. The van der Waals surface area contributed by atoms with Gasteiger partial charge in [0, 0.05) is 17.9 Å². The predicted molar refractivity (Wildman–Crippen MR) is 148 cm³/mol. The molecule has 0 aromatic carbocycles. The Bertz CT molecular complexity index is 994. The van der Waals surface area contributed by atoms with Gasteiger partial charge >= 0.3 is 0 Å². The molecule has 4 saturated carbocycles. The maximum atomic E-state index is 13.8. The Morgan fingerprint density at radius 1 is 0.974 bits per heavy atom. The second kappa shape index (κ2) is 9.03. The summed E-state index contributed by atoms with van der Waals surface area (Å²) < 4.78 is 0. The Labute approximate surface area is 229 Å². The second-order valence-corrected chi connectivity index (χ2v) is 15.2. The first kappa shape index (κ1) is 28.6. The highest BCUT2D eigenvalue weighted by molar-refractivity contribution is 5.84. The van der Waals surface area contributed by atoms with Crippen molar-refractivity contribution in [1.29, 1.82) is 0 Å². The zero-order chi connectivity index (χ0) is 27.9. The number of fused-ring (bicyclic) bond motifs is 7. The first-order valence-corrected chi connectivity index (χ1v) is 15.3. The number of hydrogen-bond donors (Lipinski definition) is 5. The van der Waals surface area contributed by atoms with Crippen LogP contribution in [0.25, 0.3) is 0 Å². The fourth-order valence-corrected chi connectivity index (χ4v) is 11.2. The molecule has 6 nitrogen and oxygen atoms in total. The summed E-state index contributed by atoms with van der Waals surface area (Å²) in [4.78, 5) is 13.8. The van der Waals surface area contributed by atoms with Crippen molar-refractivity contribution in [2.24, 2.45) is 50.7 Å². The van der Waals surface area contributed by atoms with Crippen molar-refractivity contribution in [3.63, 3.8) is 0 Å². The van der Waals surface area contributed by atoms with E-state index in [0.29, 0.717) is 5.92 Å². The van der Waals surface area contributed by atoms with Gasteiger partial charge in [-0.1, -0.05) is 46.3 Å². The molecule has 0 aromatic heterocycles. The third-order valence-corrected chi connectivity index (χ3v) is 14.0. The van der Waals surface area contributed by atoms with E-state index in [1.54, 1.807) is 0 Å². The normalized spacial score (nSPS) is 54.1. The lowest BCUT2D eigenvalue weighted by Crippen LogP contribution is -2.68. The second-order valence-electron chi connectivity index (χ2n) is 15.2. The third-order valence-electron chi connectivity index (χ3n) is 14.0. The van der Waals surface area contributed by atoms with Crippen molar-refractivity contribution in [3.8, 4) is 0 Å². The van der Waals surface area contributed by atoms with Crippen LogP contribution in [0.4, 0.5) is 0 Å². The van der Waals surface area contributed by atoms with Crippen molar-refractivity contribution >= 4 is 5.91 Å². The average molecular weight is 532 g/mol. The molecule has 0 spiro atoms. The van der Waals surface area contributed by atoms with Crippen molar-refractivity contribution in [3.05, 3.63) is 11.6 Å². The maximum absolute atomic E-state index is 13.8. The summed E-state index contributed by atoms with van der Waals surface area (Å²) in [5, 5.41) is 46.0. The fourth-order valence-electron chi connectivity index (χ4n) is 11.2. The smallest absolute Gasteiger partial charge is 0.227 e. The monoisotopic (exact) mass is 531 g/mol. The molecule has 0 aliphatic heterocycles. The molecule has 4 fully saturated rings. The summed E-state index contributed by atoms with van der Waals surface area (Å²) in [6, 6.07) is 0. The molecule has 5 aliphatic carbocycles. The van der Waals surface area contributed by atoms with E-state index in [9.17, 15) is 25.2 Å². The lowest BCUT2D eigenvalue weighted by atomic mass is 9.33. The molecule has 0 heterocycles. The van der Waals surface area contributed by atoms with Gasteiger partial charge in [-0.05, 0) is 98.7 Å². The number of allylic oxidation sites excluding steroid dienone is 1. The van der Waals surface area contributed by atoms with Crippen molar-refractivity contribution in [1.82, 2.24) is 5.32 Å². The van der Waals surface area contributed by atoms with E-state index in [-0.39, 0.29) is 59.7 Å². The van der Waals surface area contributed by atoms with E-state index < -0.39 is 22.5 Å². The van der Waals surface area contributed by atoms with Crippen LogP contribution in [0.1, 0.15) is 99.3 Å². The van der Waals surface area contributed by atoms with Gasteiger partial charge in [0.1, 0.15) is 0 Å². The van der Waals surface area contributed by atoms with Crippen molar-refractivity contribution in [2.75, 3.05) is 19.8 Å². The molecule has 5 aliphatic rings. The number of rotatable bonds is 4. The quantitative estimate of drug-likeness (QED) is 0.349. The zero-order valence-corrected chi connectivity index (χ0v) is 24.6. The number of hydrogen-bond acceptors (Lipinski definition) is 5. The Hall–Kier alpha value is -0.950. The van der Waals surface area contributed by atoms with E-state index in [2.05, 4.69) is 46.0 Å². The van der Waals surface area contributed by atoms with Gasteiger partial charge < -0.3 is 25.7 Å². The van der Waals surface area contributed by atoms with Crippen LogP contribution in [0.2, 0.25) is 0 Å². The summed E-state index contributed by atoms with van der Waals surface area (Å²) in [5.41, 5.74) is -0.935. The minimum Gasteiger partial charge on any atom is -0.396 e. The number of aliphatic hydroxyl groups is 4. The van der Waals surface area contributed by atoms with Gasteiger partial charge in [-0.2, -0.15) is 0 Å². The van der Waals surface area contributed by atoms with Crippen LogP contribution in [-0.2, 0) is 4.79 Å². The van der Waals surface area contributed by atoms with E-state index in [1.807, 2.05) is 6.92 Å². The number of amides is 1. The number of nitrogens with one attached hydrogen (secondary N) is 1. The number of aliphatic hydroxyl groups excluding tert-OH is 3. The SMILES string of the molecule is C[C@@H]1CC[C@]2(C(=O)NCCO)CC[C@]3(C)C(=CC[C@@H]4[C@@]5(C)CC[C@H](O)[C@@](C)(CO)[C@@H]5CC[C@]43C)[C@@H]2[C@]1(C)O. The summed E-state index contributed by atoms with van der Waals surface area (Å²) >= 11 is 0. The van der Waals surface area contributed by atoms with E-state index in [4.69, 9.17) is 0 Å². The van der Waals surface area contributed by atoms with Crippen LogP contribution in [0, 0.1) is 50.7 Å². The summed E-state index contributed by atoms with van der Waals surface area (Å²) in [6.45, 7) is 13.7. The molecule has 0 aromatic rings. The lowest BCUT2D eigenvalue weighted by Gasteiger charge is -2.72. The largest absolute Gasteiger partial charge is 0.396 e. The summed E-state index contributed by atoms with van der Waals surface area (Å²) in [7, 11) is 0. The fraction of sp³-hybridized carbons (Fsp3) is 0.906. The van der Waals surface area contributed by atoms with Gasteiger partial charge in [-0.3, -0.25) is 4.79 Å². The first-order valence-electron chi connectivity index (χ1n) is 15.3. The third kappa shape index (κ3) is 3.42. The molecular formula is C32H53NO5. The van der Waals surface area contributed by atoms with Crippen LogP contribution in [0.15, 0.2) is 11.6 Å². The average Bonchev–Trinajstić information content (AvgIpc) is 2.87. The van der Waals surface area contributed by atoms with Gasteiger partial charge in [0.25, 0.3) is 0 Å². The molecule has 6 heteroatoms. The number of carbonyl (C=O) groups is 1. The Kier molecular flexibility index (Phi) is 6.79. The topological polar surface area (TPSA) is 110 Å². The minimum absolute atomic E-state index is 0.00500. The molecule has 216 valence electrons. The van der Waals surface area contributed by atoms with Crippen LogP contribution in [-0.4, -0.2) is 57.8 Å². The van der Waals surface area contributed by atoms with Crippen LogP contribution in [0.3, 0.4) is 0 Å². The molecule has 11 atom stereocenters. The highest BCUT2D eigenvalue weighted by Gasteiger charge is 2.71. The summed E-state index contributed by atoms with van der Waals surface area (Å²) in [5.74, 6) is 0.538. The summed E-state index contributed by atoms with van der Waals surface area (Å²) in [6.07, 6.45) is 9.85. The molecular weight excluding hydrogens is 478 g/mol. The van der Waals surface area contributed by atoms with E-state index in [1.165, 1.54) is 5.57 Å². The molecule has 5 rings (SSSR count). The molecule has 0 unspecified atom stereocenters. The minimum atomic E-state index is -0.989. The van der Waals surface area contributed by atoms with Crippen molar-refractivity contribution < 1.29 is 25.2 Å². The van der Waals surface area contributed by atoms with Gasteiger partial charge in [-0.15, -0.1) is 0 Å². The highest BCUT2D eigenvalue weighted by Crippen LogP contribution is 2.76. The van der Waals surface area contributed by atoms with Crippen LogP contribution < -0.4 is 5.32 Å². The molecule has 0 bridgehead atoms. The van der Waals surface area contributed by atoms with Gasteiger partial charge in [0.2, 0.25) is 5.91 Å². The van der Waals surface area contributed by atoms with Gasteiger partial charge in [-0.25, -0.2) is 0 Å². The van der Waals surface area contributed by atoms with Crippen LogP contribution in [0.5, 0.6) is 0 Å². The predicted octanol–water partition coefficient (Wildman–Crippen LogP) is 4.20. The zero-order valence-electron chi connectivity index (χ0n) is 24.6. The van der Waals surface area contributed by atoms with Crippen LogP contribution >= 0.6 is 0 Å². The Morgan fingerprint density at radius 2 is 1.68 bits per heavy atom. The molecule has 5 N–H and O–H groups in total. The maximum Gasteiger partial charge on any atom is 0.227 e. The molecule has 0 radical (unpaired) electrons.